The van der Waals surface area contributed by atoms with Crippen LogP contribution in [0.25, 0.3) is 0 Å². The molecule has 34 heavy (non-hydrogen) atoms. The second kappa shape index (κ2) is 8.54. The SMILES string of the molecule is CCc1nnc(NC(=O)C(F)(F)C(F)(F)C(F)(F)C(F)(F)C(F)(F)C(F)(F)C(F)(F)C(F)F)s1. The molecule has 0 bridgehead atoms. The zero-order valence-electron chi connectivity index (χ0n) is 15.5. The monoisotopic (exact) mass is 557 g/mol. The van der Waals surface area contributed by atoms with E-state index in [1.807, 2.05) is 0 Å². The minimum atomic E-state index is -8.56. The number of nitrogens with one attached hydrogen (secondary N) is 1. The highest BCUT2D eigenvalue weighted by molar-refractivity contribution is 7.15. The van der Waals surface area contributed by atoms with E-state index in [2.05, 4.69) is 10.2 Å². The van der Waals surface area contributed by atoms with Crippen LogP contribution in [0.5, 0.6) is 0 Å². The van der Waals surface area contributed by atoms with Crippen LogP contribution in [0.1, 0.15) is 11.9 Å². The van der Waals surface area contributed by atoms with Gasteiger partial charge in [0.2, 0.25) is 5.13 Å². The molecule has 4 nitrogen and oxygen atoms in total. The lowest BCUT2D eigenvalue weighted by Gasteiger charge is -2.42. The smallest absolute Gasteiger partial charge is 0.295 e. The van der Waals surface area contributed by atoms with Gasteiger partial charge in [0.05, 0.1) is 0 Å². The molecule has 0 radical (unpaired) electrons. The molecule has 0 spiro atoms. The second-order valence-electron chi connectivity index (χ2n) is 6.18. The molecule has 0 saturated heterocycles. The first-order chi connectivity index (χ1) is 14.9. The highest BCUT2D eigenvalue weighted by atomic mass is 32.1. The van der Waals surface area contributed by atoms with E-state index in [4.69, 9.17) is 0 Å². The Balaban J connectivity index is 3.50. The van der Waals surface area contributed by atoms with Crippen LogP contribution in [-0.2, 0) is 11.2 Å². The Bertz CT molecular complexity index is 898. The normalized spacial score (nSPS) is 15.1. The molecule has 0 atom stereocenters. The summed E-state index contributed by atoms with van der Waals surface area (Å²) in [6.07, 6.45) is -5.93. The zero-order chi connectivity index (χ0) is 27.3. The van der Waals surface area contributed by atoms with Crippen molar-refractivity contribution in [2.75, 3.05) is 5.32 Å². The molecule has 1 heterocycles. The summed E-state index contributed by atoms with van der Waals surface area (Å²) in [6, 6.07) is 0. The van der Waals surface area contributed by atoms with Gasteiger partial charge in [0.25, 0.3) is 0 Å². The summed E-state index contributed by atoms with van der Waals surface area (Å²) in [5.41, 5.74) is 0. The molecule has 0 fully saturated rings. The van der Waals surface area contributed by atoms with Crippen LogP contribution in [0.15, 0.2) is 0 Å². The summed E-state index contributed by atoms with van der Waals surface area (Å²) in [4.78, 5) is 11.3. The first kappa shape index (κ1) is 29.9. The van der Waals surface area contributed by atoms with Crippen LogP contribution >= 0.6 is 11.3 Å². The average molecular weight is 557 g/mol. The van der Waals surface area contributed by atoms with Gasteiger partial charge in [-0.1, -0.05) is 18.3 Å². The number of amides is 1. The van der Waals surface area contributed by atoms with Gasteiger partial charge in [-0.2, -0.15) is 61.5 Å². The first-order valence-electron chi connectivity index (χ1n) is 7.94. The maximum Gasteiger partial charge on any atom is 0.393 e. The van der Waals surface area contributed by atoms with Crippen molar-refractivity contribution in [2.24, 2.45) is 0 Å². The van der Waals surface area contributed by atoms with Crippen molar-refractivity contribution in [3.8, 4) is 0 Å². The van der Waals surface area contributed by atoms with Crippen molar-refractivity contribution in [3.63, 3.8) is 0 Å². The van der Waals surface area contributed by atoms with Crippen LogP contribution in [-0.4, -0.2) is 64.0 Å². The molecule has 1 amide bonds. The number of carbonyl (C=O) groups excluding carboxylic acids is 1. The van der Waals surface area contributed by atoms with E-state index in [9.17, 15) is 75.0 Å². The van der Waals surface area contributed by atoms with Gasteiger partial charge in [-0.15, -0.1) is 10.2 Å². The maximum absolute atomic E-state index is 13.7. The lowest BCUT2D eigenvalue weighted by molar-refractivity contribution is -0.443. The Hall–Kier alpha value is -2.09. The summed E-state index contributed by atoms with van der Waals surface area (Å²) in [5.74, 6) is -59.9. The third kappa shape index (κ3) is 4.01. The van der Waals surface area contributed by atoms with Gasteiger partial charge in [-0.3, -0.25) is 10.1 Å². The topological polar surface area (TPSA) is 54.9 Å². The molecule has 198 valence electrons. The van der Waals surface area contributed by atoms with Crippen LogP contribution in [0.2, 0.25) is 0 Å². The number of aromatic nitrogens is 2. The zero-order valence-corrected chi connectivity index (χ0v) is 16.4. The van der Waals surface area contributed by atoms with E-state index in [0.717, 1.165) is 5.32 Å². The number of carbonyl (C=O) groups is 1. The largest absolute Gasteiger partial charge is 0.393 e. The molecular weight excluding hydrogens is 550 g/mol. The van der Waals surface area contributed by atoms with Gasteiger partial charge in [0.15, 0.2) is 0 Å². The summed E-state index contributed by atoms with van der Waals surface area (Å²) in [6.45, 7) is 1.37. The van der Waals surface area contributed by atoms with Gasteiger partial charge in [0, 0.05) is 0 Å². The minimum Gasteiger partial charge on any atom is -0.295 e. The summed E-state index contributed by atoms with van der Waals surface area (Å²) in [5, 5.41) is 5.58. The Labute approximate surface area is 180 Å². The minimum absolute atomic E-state index is 0.00305. The summed E-state index contributed by atoms with van der Waals surface area (Å²) in [7, 11) is 0. The Morgan fingerprint density at radius 1 is 0.765 bits per heavy atom. The molecular formula is C13H7F16N3OS. The average Bonchev–Trinajstić information content (AvgIpc) is 3.14. The fraction of sp³-hybridized carbons (Fsp3) is 0.769. The van der Waals surface area contributed by atoms with Crippen molar-refractivity contribution in [1.29, 1.82) is 0 Å². The van der Waals surface area contributed by atoms with Crippen molar-refractivity contribution < 1.29 is 75.0 Å². The lowest BCUT2D eigenvalue weighted by atomic mass is 9.89. The van der Waals surface area contributed by atoms with E-state index in [1.165, 1.54) is 6.92 Å². The molecule has 21 heteroatoms. The first-order valence-corrected chi connectivity index (χ1v) is 8.76. The molecule has 1 aromatic rings. The fourth-order valence-electron chi connectivity index (χ4n) is 1.90. The molecule has 0 aromatic carbocycles. The van der Waals surface area contributed by atoms with Crippen molar-refractivity contribution in [1.82, 2.24) is 10.2 Å². The highest BCUT2D eigenvalue weighted by Crippen LogP contribution is 2.62. The number of alkyl halides is 16. The predicted molar refractivity (Wildman–Crippen MR) is 78.5 cm³/mol. The Morgan fingerprint density at radius 2 is 1.18 bits per heavy atom. The van der Waals surface area contributed by atoms with E-state index in [-0.39, 0.29) is 22.8 Å². The third-order valence-corrected chi connectivity index (χ3v) is 4.92. The fourth-order valence-corrected chi connectivity index (χ4v) is 2.57. The quantitative estimate of drug-likeness (QED) is 0.373. The molecule has 1 rings (SSSR count). The molecule has 1 aromatic heterocycles. The van der Waals surface area contributed by atoms with Gasteiger partial charge < -0.3 is 0 Å². The van der Waals surface area contributed by atoms with Crippen LogP contribution < -0.4 is 5.32 Å². The molecule has 0 aliphatic rings. The van der Waals surface area contributed by atoms with Crippen molar-refractivity contribution in [3.05, 3.63) is 5.01 Å². The number of anilines is 1. The molecule has 0 aliphatic heterocycles. The van der Waals surface area contributed by atoms with Gasteiger partial charge >= 0.3 is 53.8 Å². The molecule has 0 unspecified atom stereocenters. The van der Waals surface area contributed by atoms with Gasteiger partial charge in [-0.05, 0) is 6.42 Å². The number of aryl methyl sites for hydroxylation is 1. The molecule has 0 aliphatic carbocycles. The number of nitrogens with zero attached hydrogens (tertiary/aromatic N) is 2. The van der Waals surface area contributed by atoms with E-state index in [1.54, 1.807) is 0 Å². The van der Waals surface area contributed by atoms with E-state index >= 15 is 0 Å². The number of hydrogen-bond acceptors (Lipinski definition) is 4. The van der Waals surface area contributed by atoms with Crippen LogP contribution in [0, 0.1) is 0 Å². The summed E-state index contributed by atoms with van der Waals surface area (Å²) >= 11 is 0.172. The Morgan fingerprint density at radius 3 is 1.56 bits per heavy atom. The van der Waals surface area contributed by atoms with E-state index in [0.29, 0.717) is 0 Å². The van der Waals surface area contributed by atoms with E-state index < -0.39 is 58.9 Å². The molecule has 1 N–H and O–H groups in total. The number of halogens is 16. The second-order valence-corrected chi connectivity index (χ2v) is 7.24. The molecule has 0 saturated carbocycles. The highest BCUT2D eigenvalue weighted by Gasteiger charge is 2.94. The standard InChI is InChI=1S/C13H7F16N3OS/c1-2-3-31-32-6(34-3)30-5(33)8(18,19)10(22,23)12(26,27)13(28,29)11(24,25)9(20,21)7(16,17)4(14)15/h4H,2H2,1H3,(H,30,32,33). The maximum atomic E-state index is 13.7. The number of rotatable bonds is 10. The van der Waals surface area contributed by atoms with Gasteiger partial charge in [-0.25, -0.2) is 8.78 Å². The van der Waals surface area contributed by atoms with Crippen molar-refractivity contribution in [2.45, 2.75) is 61.2 Å². The van der Waals surface area contributed by atoms with Crippen LogP contribution in [0.4, 0.5) is 75.4 Å². The lowest BCUT2D eigenvalue weighted by Crippen LogP contribution is -2.74. The number of hydrogen-bond donors (Lipinski definition) is 1. The predicted octanol–water partition coefficient (Wildman–Crippen LogP) is 5.75. The summed E-state index contributed by atoms with van der Waals surface area (Å²) < 4.78 is 211. The van der Waals surface area contributed by atoms with Crippen LogP contribution in [0.3, 0.4) is 0 Å². The van der Waals surface area contributed by atoms with Crippen molar-refractivity contribution >= 4 is 22.4 Å². The van der Waals surface area contributed by atoms with Gasteiger partial charge in [0.1, 0.15) is 5.01 Å². The Kier molecular flexibility index (Phi) is 7.52. The third-order valence-electron chi connectivity index (χ3n) is 3.94.